The van der Waals surface area contributed by atoms with Gasteiger partial charge in [-0.05, 0) is 17.4 Å². The van der Waals surface area contributed by atoms with E-state index >= 15 is 0 Å². The van der Waals surface area contributed by atoms with Crippen molar-refractivity contribution in [3.8, 4) is 0 Å². The van der Waals surface area contributed by atoms with Crippen molar-refractivity contribution >= 4 is 17.7 Å². The van der Waals surface area contributed by atoms with Crippen molar-refractivity contribution in [2.75, 3.05) is 24.6 Å². The molecule has 3 nitrogen and oxygen atoms in total. The second-order valence-electron chi connectivity index (χ2n) is 6.53. The van der Waals surface area contributed by atoms with Gasteiger partial charge in [0.05, 0.1) is 0 Å². The van der Waals surface area contributed by atoms with Crippen molar-refractivity contribution in [2.24, 2.45) is 5.41 Å². The van der Waals surface area contributed by atoms with Crippen LogP contribution in [-0.4, -0.2) is 36.5 Å². The van der Waals surface area contributed by atoms with Gasteiger partial charge in [0.15, 0.2) is 0 Å². The monoisotopic (exact) mass is 306 g/mol. The third-order valence-corrected chi connectivity index (χ3v) is 4.85. The van der Waals surface area contributed by atoms with Gasteiger partial charge < -0.3 is 10.6 Å². The molecule has 0 aromatic heterocycles. The second kappa shape index (κ2) is 7.85. The Morgan fingerprint density at radius 3 is 2.81 bits per heavy atom. The summed E-state index contributed by atoms with van der Waals surface area (Å²) in [7, 11) is 0. The highest BCUT2D eigenvalue weighted by atomic mass is 32.2. The predicted molar refractivity (Wildman–Crippen MR) is 90.7 cm³/mol. The second-order valence-corrected chi connectivity index (χ2v) is 7.68. The largest absolute Gasteiger partial charge is 0.356 e. The number of benzene rings is 1. The Hall–Kier alpha value is -1.00. The molecule has 0 radical (unpaired) electrons. The average molecular weight is 306 g/mol. The average Bonchev–Trinajstić information content (AvgIpc) is 2.47. The summed E-state index contributed by atoms with van der Waals surface area (Å²) < 4.78 is 0. The first-order valence-corrected chi connectivity index (χ1v) is 8.82. The summed E-state index contributed by atoms with van der Waals surface area (Å²) in [6.07, 6.45) is 1.57. The number of hydrogen-bond donors (Lipinski definition) is 2. The van der Waals surface area contributed by atoms with Crippen LogP contribution in [0.3, 0.4) is 0 Å². The van der Waals surface area contributed by atoms with Gasteiger partial charge in [-0.25, -0.2) is 0 Å². The molecule has 0 bridgehead atoms. The molecule has 21 heavy (non-hydrogen) atoms. The zero-order valence-electron chi connectivity index (χ0n) is 13.0. The van der Waals surface area contributed by atoms with Crippen LogP contribution in [0.4, 0.5) is 0 Å². The van der Waals surface area contributed by atoms with E-state index in [1.807, 2.05) is 17.8 Å². The minimum atomic E-state index is 0.0752. The Labute approximate surface area is 132 Å². The molecule has 2 rings (SSSR count). The van der Waals surface area contributed by atoms with E-state index in [1.165, 1.54) is 5.56 Å². The summed E-state index contributed by atoms with van der Waals surface area (Å²) in [6.45, 7) is 6.15. The van der Waals surface area contributed by atoms with E-state index in [4.69, 9.17) is 0 Å². The Morgan fingerprint density at radius 2 is 2.14 bits per heavy atom. The minimum absolute atomic E-state index is 0.0752. The third kappa shape index (κ3) is 6.10. The number of nitrogens with one attached hydrogen (secondary N) is 2. The van der Waals surface area contributed by atoms with Gasteiger partial charge in [0.1, 0.15) is 0 Å². The normalized spacial score (nSPS) is 19.2. The number of thioether (sulfide) groups is 1. The quantitative estimate of drug-likeness (QED) is 0.848. The van der Waals surface area contributed by atoms with Gasteiger partial charge in [0.2, 0.25) is 5.91 Å². The molecule has 0 aliphatic carbocycles. The van der Waals surface area contributed by atoms with Crippen molar-refractivity contribution in [1.29, 1.82) is 0 Å². The highest BCUT2D eigenvalue weighted by Crippen LogP contribution is 2.20. The molecule has 116 valence electrons. The standard InChI is InChI=1S/C17H26N2OS/c1-17(2,11-14-6-4-3-5-7-14)13-19-16(20)10-15-12-21-9-8-18-15/h3-7,15,18H,8-13H2,1-2H3,(H,19,20). The Kier molecular flexibility index (Phi) is 6.12. The lowest BCUT2D eigenvalue weighted by atomic mass is 9.85. The Balaban J connectivity index is 1.74. The fourth-order valence-corrected chi connectivity index (χ4v) is 3.54. The van der Waals surface area contributed by atoms with Gasteiger partial charge in [-0.1, -0.05) is 44.2 Å². The Bertz CT molecular complexity index is 441. The summed E-state index contributed by atoms with van der Waals surface area (Å²) in [5.41, 5.74) is 1.40. The van der Waals surface area contributed by atoms with E-state index in [2.05, 4.69) is 48.7 Å². The maximum atomic E-state index is 12.1. The van der Waals surface area contributed by atoms with Gasteiger partial charge in [0, 0.05) is 37.1 Å². The fourth-order valence-electron chi connectivity index (χ4n) is 2.60. The zero-order chi connectivity index (χ0) is 15.1. The first kappa shape index (κ1) is 16.4. The molecule has 1 unspecified atom stereocenters. The first-order chi connectivity index (χ1) is 10.1. The van der Waals surface area contributed by atoms with E-state index in [-0.39, 0.29) is 11.3 Å². The van der Waals surface area contributed by atoms with Gasteiger partial charge in [0.25, 0.3) is 0 Å². The van der Waals surface area contributed by atoms with Crippen LogP contribution in [0.2, 0.25) is 0 Å². The molecular formula is C17H26N2OS. The van der Waals surface area contributed by atoms with Crippen LogP contribution in [0.25, 0.3) is 0 Å². The molecule has 1 saturated heterocycles. The zero-order valence-corrected chi connectivity index (χ0v) is 13.8. The van der Waals surface area contributed by atoms with E-state index in [0.717, 1.165) is 31.0 Å². The highest BCUT2D eigenvalue weighted by molar-refractivity contribution is 7.99. The summed E-state index contributed by atoms with van der Waals surface area (Å²) >= 11 is 1.93. The lowest BCUT2D eigenvalue weighted by molar-refractivity contribution is -0.121. The van der Waals surface area contributed by atoms with Crippen LogP contribution in [0.5, 0.6) is 0 Å². The lowest BCUT2D eigenvalue weighted by Gasteiger charge is -2.27. The van der Waals surface area contributed by atoms with Gasteiger partial charge in [-0.3, -0.25) is 4.79 Å². The number of amides is 1. The van der Waals surface area contributed by atoms with Crippen molar-refractivity contribution in [2.45, 2.75) is 32.7 Å². The first-order valence-electron chi connectivity index (χ1n) is 7.67. The lowest BCUT2D eigenvalue weighted by Crippen LogP contribution is -2.43. The van der Waals surface area contributed by atoms with Crippen molar-refractivity contribution in [1.82, 2.24) is 10.6 Å². The van der Waals surface area contributed by atoms with Gasteiger partial charge >= 0.3 is 0 Å². The van der Waals surface area contributed by atoms with Crippen LogP contribution in [0.15, 0.2) is 30.3 Å². The third-order valence-electron chi connectivity index (χ3n) is 3.72. The van der Waals surface area contributed by atoms with Gasteiger partial charge in [-0.15, -0.1) is 0 Å². The highest BCUT2D eigenvalue weighted by Gasteiger charge is 2.21. The summed E-state index contributed by atoms with van der Waals surface area (Å²) in [6, 6.07) is 10.8. The van der Waals surface area contributed by atoms with Crippen molar-refractivity contribution in [3.05, 3.63) is 35.9 Å². The molecule has 1 amide bonds. The summed E-state index contributed by atoms with van der Waals surface area (Å²) in [5, 5.41) is 6.51. The smallest absolute Gasteiger partial charge is 0.221 e. The molecule has 2 N–H and O–H groups in total. The predicted octanol–water partition coefficient (Wildman–Crippen LogP) is 2.47. The molecule has 1 heterocycles. The molecule has 1 aliphatic rings. The summed E-state index contributed by atoms with van der Waals surface area (Å²) in [4.78, 5) is 12.1. The van der Waals surface area contributed by atoms with Crippen LogP contribution in [0, 0.1) is 5.41 Å². The van der Waals surface area contributed by atoms with Crippen LogP contribution in [-0.2, 0) is 11.2 Å². The van der Waals surface area contributed by atoms with Crippen LogP contribution in [0.1, 0.15) is 25.8 Å². The maximum absolute atomic E-state index is 12.1. The van der Waals surface area contributed by atoms with E-state index in [9.17, 15) is 4.79 Å². The molecule has 1 aliphatic heterocycles. The van der Waals surface area contributed by atoms with Gasteiger partial charge in [-0.2, -0.15) is 11.8 Å². The molecule has 1 atom stereocenters. The SMILES string of the molecule is CC(C)(CNC(=O)CC1CSCCN1)Cc1ccccc1. The van der Waals surface area contributed by atoms with Crippen LogP contribution >= 0.6 is 11.8 Å². The number of carbonyl (C=O) groups is 1. The number of rotatable bonds is 6. The van der Waals surface area contributed by atoms with E-state index in [0.29, 0.717) is 12.5 Å². The molecular weight excluding hydrogens is 280 g/mol. The molecule has 1 aromatic rings. The molecule has 4 heteroatoms. The fraction of sp³-hybridized carbons (Fsp3) is 0.588. The number of carbonyl (C=O) groups excluding carboxylic acids is 1. The Morgan fingerprint density at radius 1 is 1.38 bits per heavy atom. The summed E-state index contributed by atoms with van der Waals surface area (Å²) in [5.74, 6) is 2.36. The molecule has 0 saturated carbocycles. The van der Waals surface area contributed by atoms with E-state index in [1.54, 1.807) is 0 Å². The van der Waals surface area contributed by atoms with Crippen LogP contribution < -0.4 is 10.6 Å². The maximum Gasteiger partial charge on any atom is 0.221 e. The molecule has 1 aromatic carbocycles. The molecule has 1 fully saturated rings. The van der Waals surface area contributed by atoms with Crippen molar-refractivity contribution < 1.29 is 4.79 Å². The van der Waals surface area contributed by atoms with Crippen molar-refractivity contribution in [3.63, 3.8) is 0 Å². The minimum Gasteiger partial charge on any atom is -0.356 e. The van der Waals surface area contributed by atoms with E-state index < -0.39 is 0 Å². The number of hydrogen-bond acceptors (Lipinski definition) is 3. The molecule has 0 spiro atoms. The topological polar surface area (TPSA) is 41.1 Å².